The van der Waals surface area contributed by atoms with E-state index in [1.165, 1.54) is 23.1 Å². The Labute approximate surface area is 205 Å². The van der Waals surface area contributed by atoms with E-state index in [1.54, 1.807) is 16.7 Å². The largest absolute Gasteiger partial charge is 0.342 e. The first kappa shape index (κ1) is 23.7. The fraction of sp³-hybridized carbons (Fsp3) is 0.208. The first-order valence-corrected chi connectivity index (χ1v) is 12.4. The van der Waals surface area contributed by atoms with Gasteiger partial charge in [-0.05, 0) is 26.0 Å². The summed E-state index contributed by atoms with van der Waals surface area (Å²) in [6.07, 6.45) is 0. The average molecular weight is 493 g/mol. The molecule has 8 nitrogen and oxygen atoms in total. The van der Waals surface area contributed by atoms with Crippen LogP contribution in [0, 0.1) is 6.92 Å². The number of nitrogens with one attached hydrogen (secondary N) is 2. The van der Waals surface area contributed by atoms with E-state index in [2.05, 4.69) is 25.8 Å². The standard InChI is InChI=1S/C24H24N6O2S2/c1-15(25-22(32)18-12-8-5-9-13-18)21-28-29-24(30(21)3)33-14-19(31)26-23-27-20(16(2)34-23)17-10-6-4-7-11-17/h4-13,15H,14H2,1-3H3,(H,25,32)(H,26,27,31)/t15-/m1/s1. The number of carbonyl (C=O) groups is 2. The van der Waals surface area contributed by atoms with Crippen molar-refractivity contribution in [3.63, 3.8) is 0 Å². The maximum absolute atomic E-state index is 12.5. The molecule has 10 heteroatoms. The summed E-state index contributed by atoms with van der Waals surface area (Å²) in [5.41, 5.74) is 2.47. The van der Waals surface area contributed by atoms with E-state index >= 15 is 0 Å². The minimum absolute atomic E-state index is 0.163. The zero-order valence-corrected chi connectivity index (χ0v) is 20.6. The number of nitrogens with zero attached hydrogens (tertiary/aromatic N) is 4. The molecule has 0 spiro atoms. The second-order valence-electron chi connectivity index (χ2n) is 7.59. The van der Waals surface area contributed by atoms with Crippen molar-refractivity contribution in [2.45, 2.75) is 25.0 Å². The quantitative estimate of drug-likeness (QED) is 0.352. The van der Waals surface area contributed by atoms with Crippen LogP contribution in [0.5, 0.6) is 0 Å². The van der Waals surface area contributed by atoms with Crippen molar-refractivity contribution in [1.82, 2.24) is 25.1 Å². The van der Waals surface area contributed by atoms with Crippen LogP contribution in [-0.2, 0) is 11.8 Å². The van der Waals surface area contributed by atoms with Crippen molar-refractivity contribution in [1.29, 1.82) is 0 Å². The van der Waals surface area contributed by atoms with Gasteiger partial charge < -0.3 is 15.2 Å². The molecule has 0 saturated heterocycles. The van der Waals surface area contributed by atoms with E-state index in [1.807, 2.05) is 69.4 Å². The Morgan fingerprint density at radius 3 is 2.44 bits per heavy atom. The highest BCUT2D eigenvalue weighted by molar-refractivity contribution is 7.99. The number of thiazole rings is 1. The van der Waals surface area contributed by atoms with Crippen LogP contribution in [0.4, 0.5) is 5.13 Å². The maximum Gasteiger partial charge on any atom is 0.251 e. The van der Waals surface area contributed by atoms with Gasteiger partial charge in [0.1, 0.15) is 0 Å². The molecular formula is C24H24N6O2S2. The molecule has 2 aromatic carbocycles. The molecule has 34 heavy (non-hydrogen) atoms. The van der Waals surface area contributed by atoms with E-state index in [4.69, 9.17) is 0 Å². The second-order valence-corrected chi connectivity index (χ2v) is 9.73. The molecule has 0 fully saturated rings. The Hall–Kier alpha value is -3.50. The highest BCUT2D eigenvalue weighted by Crippen LogP contribution is 2.30. The third-order valence-corrected chi connectivity index (χ3v) is 6.97. The lowest BCUT2D eigenvalue weighted by molar-refractivity contribution is -0.113. The van der Waals surface area contributed by atoms with Crippen LogP contribution in [0.2, 0.25) is 0 Å². The Balaban J connectivity index is 1.34. The lowest BCUT2D eigenvalue weighted by atomic mass is 10.1. The van der Waals surface area contributed by atoms with Gasteiger partial charge in [-0.3, -0.25) is 9.59 Å². The number of aryl methyl sites for hydroxylation is 1. The van der Waals surface area contributed by atoms with Crippen molar-refractivity contribution in [3.8, 4) is 11.3 Å². The first-order chi connectivity index (χ1) is 16.4. The van der Waals surface area contributed by atoms with Crippen LogP contribution in [0.3, 0.4) is 0 Å². The topological polar surface area (TPSA) is 102 Å². The highest BCUT2D eigenvalue weighted by atomic mass is 32.2. The molecule has 0 saturated carbocycles. The number of rotatable bonds is 8. The van der Waals surface area contributed by atoms with Gasteiger partial charge in [0.15, 0.2) is 16.1 Å². The summed E-state index contributed by atoms with van der Waals surface area (Å²) >= 11 is 2.73. The van der Waals surface area contributed by atoms with E-state index in [0.717, 1.165) is 16.1 Å². The minimum atomic E-state index is -0.344. The molecular weight excluding hydrogens is 468 g/mol. The molecule has 0 bridgehead atoms. The summed E-state index contributed by atoms with van der Waals surface area (Å²) in [5.74, 6) is 0.414. The SMILES string of the molecule is Cc1sc(NC(=O)CSc2nnc([C@@H](C)NC(=O)c3ccccc3)n2C)nc1-c1ccccc1. The fourth-order valence-electron chi connectivity index (χ4n) is 3.36. The van der Waals surface area contributed by atoms with E-state index in [0.29, 0.717) is 21.7 Å². The van der Waals surface area contributed by atoms with Crippen molar-refractivity contribution in [3.05, 3.63) is 76.9 Å². The van der Waals surface area contributed by atoms with Gasteiger partial charge in [0, 0.05) is 23.1 Å². The summed E-state index contributed by atoms with van der Waals surface area (Å²) in [6, 6.07) is 18.5. The summed E-state index contributed by atoms with van der Waals surface area (Å²) in [6.45, 7) is 3.84. The van der Waals surface area contributed by atoms with Crippen LogP contribution in [-0.4, -0.2) is 37.3 Å². The Morgan fingerprint density at radius 1 is 1.06 bits per heavy atom. The zero-order valence-electron chi connectivity index (χ0n) is 19.0. The molecule has 4 aromatic rings. The third kappa shape index (κ3) is 5.52. The lowest BCUT2D eigenvalue weighted by Crippen LogP contribution is -2.28. The van der Waals surface area contributed by atoms with Gasteiger partial charge in [-0.15, -0.1) is 21.5 Å². The molecule has 174 valence electrons. The predicted octanol–water partition coefficient (Wildman–Crippen LogP) is 4.47. The van der Waals surface area contributed by atoms with Gasteiger partial charge >= 0.3 is 0 Å². The number of anilines is 1. The number of benzene rings is 2. The molecule has 2 amide bonds. The number of hydrogen-bond acceptors (Lipinski definition) is 7. The maximum atomic E-state index is 12.5. The van der Waals surface area contributed by atoms with Gasteiger partial charge in [0.25, 0.3) is 5.91 Å². The van der Waals surface area contributed by atoms with Crippen molar-refractivity contribution in [2.75, 3.05) is 11.1 Å². The molecule has 0 aliphatic rings. The summed E-state index contributed by atoms with van der Waals surface area (Å²) < 4.78 is 1.79. The molecule has 2 N–H and O–H groups in total. The van der Waals surface area contributed by atoms with Crippen LogP contribution in [0.15, 0.2) is 65.8 Å². The first-order valence-electron chi connectivity index (χ1n) is 10.6. The van der Waals surface area contributed by atoms with Gasteiger partial charge in [-0.1, -0.05) is 60.3 Å². The lowest BCUT2D eigenvalue weighted by Gasteiger charge is -2.13. The molecule has 0 unspecified atom stereocenters. The van der Waals surface area contributed by atoms with Crippen LogP contribution >= 0.6 is 23.1 Å². The molecule has 0 radical (unpaired) electrons. The summed E-state index contributed by atoms with van der Waals surface area (Å²) in [5, 5.41) is 15.3. The van der Waals surface area contributed by atoms with Gasteiger partial charge in [0.2, 0.25) is 5.91 Å². The minimum Gasteiger partial charge on any atom is -0.342 e. The number of hydrogen-bond donors (Lipinski definition) is 2. The van der Waals surface area contributed by atoms with Crippen molar-refractivity contribution < 1.29 is 9.59 Å². The summed E-state index contributed by atoms with van der Waals surface area (Å²) in [7, 11) is 1.82. The normalized spacial score (nSPS) is 11.7. The van der Waals surface area contributed by atoms with E-state index < -0.39 is 0 Å². The number of carbonyl (C=O) groups excluding carboxylic acids is 2. The monoisotopic (exact) mass is 492 g/mol. The number of aromatic nitrogens is 4. The van der Waals surface area contributed by atoms with Gasteiger partial charge in [-0.25, -0.2) is 4.98 Å². The van der Waals surface area contributed by atoms with Gasteiger partial charge in [-0.2, -0.15) is 0 Å². The van der Waals surface area contributed by atoms with Crippen LogP contribution < -0.4 is 10.6 Å². The molecule has 1 atom stereocenters. The number of amides is 2. The number of thioether (sulfide) groups is 1. The Kier molecular flexibility index (Phi) is 7.39. The fourth-order valence-corrected chi connectivity index (χ4v) is 4.93. The molecule has 0 aliphatic carbocycles. The van der Waals surface area contributed by atoms with Crippen molar-refractivity contribution in [2.24, 2.45) is 7.05 Å². The smallest absolute Gasteiger partial charge is 0.251 e. The van der Waals surface area contributed by atoms with Crippen LogP contribution in [0.1, 0.15) is 34.0 Å². The second kappa shape index (κ2) is 10.6. The average Bonchev–Trinajstić information content (AvgIpc) is 3.40. The summed E-state index contributed by atoms with van der Waals surface area (Å²) in [4.78, 5) is 30.6. The molecule has 4 rings (SSSR count). The molecule has 0 aliphatic heterocycles. The Bertz CT molecular complexity index is 1290. The van der Waals surface area contributed by atoms with Crippen LogP contribution in [0.25, 0.3) is 11.3 Å². The van der Waals surface area contributed by atoms with E-state index in [-0.39, 0.29) is 23.6 Å². The zero-order chi connectivity index (χ0) is 24.1. The predicted molar refractivity (Wildman–Crippen MR) is 135 cm³/mol. The highest BCUT2D eigenvalue weighted by Gasteiger charge is 2.19. The third-order valence-electron chi connectivity index (χ3n) is 5.06. The van der Waals surface area contributed by atoms with Crippen molar-refractivity contribution >= 4 is 40.0 Å². The van der Waals surface area contributed by atoms with Gasteiger partial charge in [0.05, 0.1) is 17.5 Å². The Morgan fingerprint density at radius 2 is 1.74 bits per heavy atom. The molecule has 2 heterocycles. The van der Waals surface area contributed by atoms with E-state index in [9.17, 15) is 9.59 Å². The molecule has 2 aromatic heterocycles.